The van der Waals surface area contributed by atoms with Gasteiger partial charge in [0, 0.05) is 38.7 Å². The maximum atomic E-state index is 6.35. The van der Waals surface area contributed by atoms with Crippen LogP contribution in [-0.4, -0.2) is 19.9 Å². The summed E-state index contributed by atoms with van der Waals surface area (Å²) >= 11 is 0. The zero-order valence-corrected chi connectivity index (χ0v) is 24.2. The van der Waals surface area contributed by atoms with Crippen molar-refractivity contribution in [2.75, 3.05) is 0 Å². The Hall–Kier alpha value is -5.42. The second kappa shape index (κ2) is 9.85. The lowest BCUT2D eigenvalue weighted by atomic mass is 9.95. The first-order chi connectivity index (χ1) is 21.0. The van der Waals surface area contributed by atoms with E-state index in [2.05, 4.69) is 74.5 Å². The van der Waals surface area contributed by atoms with Crippen LogP contribution in [0.3, 0.4) is 0 Å². The number of hydrogen-bond donors (Lipinski definition) is 0. The van der Waals surface area contributed by atoms with Crippen molar-refractivity contribution in [2.45, 2.75) is 26.7 Å². The molecule has 4 aromatic carbocycles. The van der Waals surface area contributed by atoms with Crippen LogP contribution in [0, 0.1) is 6.92 Å². The second-order valence-electron chi connectivity index (χ2n) is 11.4. The molecule has 0 bridgehead atoms. The molecule has 5 nitrogen and oxygen atoms in total. The molecule has 8 rings (SSSR count). The third-order valence-corrected chi connectivity index (χ3v) is 8.11. The SMILES string of the molecule is Cc1ccc2ccc3c(-c4ccc(-c5nc(-c6ccccc6)nc6c5oc5ccccc56)cc4)cc(C(C)C)nc3c2n1. The number of hydrogen-bond acceptors (Lipinski definition) is 5. The van der Waals surface area contributed by atoms with Gasteiger partial charge in [-0.2, -0.15) is 0 Å². The molecule has 8 aromatic rings. The summed E-state index contributed by atoms with van der Waals surface area (Å²) in [5, 5.41) is 3.17. The van der Waals surface area contributed by atoms with Gasteiger partial charge in [0.25, 0.3) is 0 Å². The minimum Gasteiger partial charge on any atom is -0.452 e. The molecule has 4 aromatic heterocycles. The molecule has 0 aliphatic heterocycles. The normalized spacial score (nSPS) is 11.8. The third-order valence-electron chi connectivity index (χ3n) is 8.11. The average Bonchev–Trinajstić information content (AvgIpc) is 3.43. The Labute approximate surface area is 248 Å². The van der Waals surface area contributed by atoms with E-state index in [1.807, 2.05) is 55.5 Å². The van der Waals surface area contributed by atoms with Gasteiger partial charge in [-0.05, 0) is 48.2 Å². The quantitative estimate of drug-likeness (QED) is 0.202. The van der Waals surface area contributed by atoms with Crippen LogP contribution >= 0.6 is 0 Å². The first-order valence-electron chi connectivity index (χ1n) is 14.6. The lowest BCUT2D eigenvalue weighted by molar-refractivity contribution is 0.667. The fourth-order valence-corrected chi connectivity index (χ4v) is 5.83. The Kier molecular flexibility index (Phi) is 5.79. The van der Waals surface area contributed by atoms with Crippen LogP contribution in [-0.2, 0) is 0 Å². The molecular weight excluding hydrogens is 528 g/mol. The van der Waals surface area contributed by atoms with Crippen molar-refractivity contribution < 1.29 is 4.42 Å². The van der Waals surface area contributed by atoms with Gasteiger partial charge in [-0.25, -0.2) is 9.97 Å². The van der Waals surface area contributed by atoms with Gasteiger partial charge in [0.15, 0.2) is 11.4 Å². The highest BCUT2D eigenvalue weighted by atomic mass is 16.3. The largest absolute Gasteiger partial charge is 0.452 e. The summed E-state index contributed by atoms with van der Waals surface area (Å²) in [7, 11) is 0. The van der Waals surface area contributed by atoms with Crippen LogP contribution in [0.5, 0.6) is 0 Å². The molecule has 5 heteroatoms. The van der Waals surface area contributed by atoms with E-state index in [-0.39, 0.29) is 5.92 Å². The van der Waals surface area contributed by atoms with E-state index in [1.54, 1.807) is 0 Å². The van der Waals surface area contributed by atoms with Gasteiger partial charge in [-0.1, -0.05) is 98.8 Å². The number of nitrogens with zero attached hydrogens (tertiary/aromatic N) is 4. The van der Waals surface area contributed by atoms with Crippen molar-refractivity contribution in [2.24, 2.45) is 0 Å². The van der Waals surface area contributed by atoms with Crippen LogP contribution in [0.15, 0.2) is 114 Å². The summed E-state index contributed by atoms with van der Waals surface area (Å²) < 4.78 is 6.35. The van der Waals surface area contributed by atoms with E-state index < -0.39 is 0 Å². The van der Waals surface area contributed by atoms with Crippen molar-refractivity contribution in [1.29, 1.82) is 0 Å². The zero-order chi connectivity index (χ0) is 29.1. The van der Waals surface area contributed by atoms with Crippen LogP contribution in [0.25, 0.3) is 77.6 Å². The maximum Gasteiger partial charge on any atom is 0.180 e. The number of aryl methyl sites for hydroxylation is 1. The maximum absolute atomic E-state index is 6.35. The predicted octanol–water partition coefficient (Wildman–Crippen LogP) is 9.91. The Morgan fingerprint density at radius 2 is 1.33 bits per heavy atom. The number of rotatable bonds is 4. The molecule has 43 heavy (non-hydrogen) atoms. The van der Waals surface area contributed by atoms with Gasteiger partial charge in [0.2, 0.25) is 0 Å². The van der Waals surface area contributed by atoms with Gasteiger partial charge in [0.05, 0.1) is 11.0 Å². The molecule has 0 saturated heterocycles. The monoisotopic (exact) mass is 556 g/mol. The third kappa shape index (κ3) is 4.24. The average molecular weight is 557 g/mol. The summed E-state index contributed by atoms with van der Waals surface area (Å²) in [4.78, 5) is 20.0. The Morgan fingerprint density at radius 3 is 2.14 bits per heavy atom. The number of para-hydroxylation sites is 1. The molecule has 0 amide bonds. The molecule has 206 valence electrons. The Morgan fingerprint density at radius 1 is 0.581 bits per heavy atom. The molecule has 0 aliphatic rings. The number of furan rings is 1. The Balaban J connectivity index is 1.32. The molecule has 0 spiro atoms. The van der Waals surface area contributed by atoms with Gasteiger partial charge in [-0.3, -0.25) is 9.97 Å². The molecule has 0 N–H and O–H groups in total. The minimum absolute atomic E-state index is 0.279. The van der Waals surface area contributed by atoms with Crippen LogP contribution in [0.2, 0.25) is 0 Å². The van der Waals surface area contributed by atoms with Crippen molar-refractivity contribution >= 4 is 43.9 Å². The lowest BCUT2D eigenvalue weighted by Crippen LogP contribution is -1.97. The predicted molar refractivity (Wildman–Crippen MR) is 175 cm³/mol. The van der Waals surface area contributed by atoms with E-state index >= 15 is 0 Å². The molecule has 0 aliphatic carbocycles. The Bertz CT molecular complexity index is 2320. The van der Waals surface area contributed by atoms with E-state index in [1.165, 1.54) is 0 Å². The molecule has 0 saturated carbocycles. The van der Waals surface area contributed by atoms with Gasteiger partial charge >= 0.3 is 0 Å². The molecule has 4 heterocycles. The summed E-state index contributed by atoms with van der Waals surface area (Å²) in [6, 6.07) is 37.4. The summed E-state index contributed by atoms with van der Waals surface area (Å²) in [5.74, 6) is 0.955. The van der Waals surface area contributed by atoms with Crippen LogP contribution in [0.1, 0.15) is 31.2 Å². The molecule has 0 fully saturated rings. The summed E-state index contributed by atoms with van der Waals surface area (Å²) in [6.45, 7) is 6.39. The summed E-state index contributed by atoms with van der Waals surface area (Å²) in [5.41, 5.74) is 11.2. The molecule has 0 radical (unpaired) electrons. The zero-order valence-electron chi connectivity index (χ0n) is 24.2. The lowest BCUT2D eigenvalue weighted by Gasteiger charge is -2.14. The molecule has 0 unspecified atom stereocenters. The van der Waals surface area contributed by atoms with E-state index in [4.69, 9.17) is 24.4 Å². The smallest absolute Gasteiger partial charge is 0.180 e. The van der Waals surface area contributed by atoms with Crippen molar-refractivity contribution in [3.8, 4) is 33.8 Å². The number of benzene rings is 4. The van der Waals surface area contributed by atoms with Gasteiger partial charge in [-0.15, -0.1) is 0 Å². The highest BCUT2D eigenvalue weighted by Gasteiger charge is 2.19. The van der Waals surface area contributed by atoms with Crippen LogP contribution < -0.4 is 0 Å². The standard InChI is InChI=1S/C38H28N4O/c1-22(2)31-21-30(28-20-19-25-14-13-23(3)39-33(25)35(28)40-31)24-15-17-26(18-16-24)34-37-36(29-11-7-8-12-32(29)43-37)42-38(41-34)27-9-5-4-6-10-27/h4-22H,1-3H3. The highest BCUT2D eigenvalue weighted by molar-refractivity contribution is 6.09. The van der Waals surface area contributed by atoms with Gasteiger partial charge in [0.1, 0.15) is 16.8 Å². The topological polar surface area (TPSA) is 64.7 Å². The fraction of sp³-hybridized carbons (Fsp3) is 0.105. The highest BCUT2D eigenvalue weighted by Crippen LogP contribution is 2.38. The van der Waals surface area contributed by atoms with Crippen molar-refractivity contribution in [3.05, 3.63) is 121 Å². The van der Waals surface area contributed by atoms with E-state index in [9.17, 15) is 0 Å². The second-order valence-corrected chi connectivity index (χ2v) is 11.4. The van der Waals surface area contributed by atoms with Crippen LogP contribution in [0.4, 0.5) is 0 Å². The molecule has 0 atom stereocenters. The number of pyridine rings is 2. The number of aromatic nitrogens is 4. The fourth-order valence-electron chi connectivity index (χ4n) is 5.83. The first-order valence-corrected chi connectivity index (χ1v) is 14.6. The minimum atomic E-state index is 0.279. The summed E-state index contributed by atoms with van der Waals surface area (Å²) in [6.07, 6.45) is 0. The van der Waals surface area contributed by atoms with E-state index in [0.717, 1.165) is 77.6 Å². The first kappa shape index (κ1) is 25.3. The van der Waals surface area contributed by atoms with Gasteiger partial charge < -0.3 is 4.42 Å². The van der Waals surface area contributed by atoms with Crippen molar-refractivity contribution in [1.82, 2.24) is 19.9 Å². The van der Waals surface area contributed by atoms with E-state index in [0.29, 0.717) is 11.4 Å². The van der Waals surface area contributed by atoms with Crippen molar-refractivity contribution in [3.63, 3.8) is 0 Å². The molecular formula is C38H28N4O. The number of fused-ring (bicyclic) bond motifs is 6.